The molecule has 0 aliphatic carbocycles. The van der Waals surface area contributed by atoms with Crippen molar-refractivity contribution in [3.8, 4) is 11.3 Å². The summed E-state index contributed by atoms with van der Waals surface area (Å²) in [5.41, 5.74) is 6.62. The molecule has 0 unspecified atom stereocenters. The number of aryl methyl sites for hydroxylation is 1. The van der Waals surface area contributed by atoms with E-state index in [1.807, 2.05) is 67.6 Å². The molecule has 2 heterocycles. The zero-order chi connectivity index (χ0) is 22.6. The summed E-state index contributed by atoms with van der Waals surface area (Å²) in [5, 5.41) is 6.84. The van der Waals surface area contributed by atoms with Gasteiger partial charge in [0.2, 0.25) is 0 Å². The molecule has 0 atom stereocenters. The number of carbonyl (C=O) groups is 1. The number of pyridine rings is 1. The molecular formula is C27H26N4O2. The molecule has 1 aliphatic heterocycles. The van der Waals surface area contributed by atoms with Gasteiger partial charge in [-0.3, -0.25) is 0 Å². The molecule has 166 valence electrons. The van der Waals surface area contributed by atoms with Crippen molar-refractivity contribution in [2.75, 3.05) is 41.8 Å². The summed E-state index contributed by atoms with van der Waals surface area (Å²) in [4.78, 5) is 19.8. The normalized spacial score (nSPS) is 13.7. The van der Waals surface area contributed by atoms with Gasteiger partial charge in [0.25, 0.3) is 0 Å². The van der Waals surface area contributed by atoms with E-state index in [2.05, 4.69) is 33.7 Å². The number of benzene rings is 3. The van der Waals surface area contributed by atoms with Gasteiger partial charge in [-0.1, -0.05) is 48.0 Å². The van der Waals surface area contributed by atoms with E-state index in [-0.39, 0.29) is 6.03 Å². The van der Waals surface area contributed by atoms with E-state index in [0.717, 1.165) is 57.9 Å². The quantitative estimate of drug-likeness (QED) is 0.430. The molecule has 3 aromatic carbocycles. The van der Waals surface area contributed by atoms with Gasteiger partial charge in [-0.05, 0) is 43.3 Å². The highest BCUT2D eigenvalue weighted by molar-refractivity contribution is 6.03. The second kappa shape index (κ2) is 9.30. The van der Waals surface area contributed by atoms with Crippen LogP contribution in [-0.2, 0) is 4.74 Å². The fraction of sp³-hybridized carbons (Fsp3) is 0.185. The average Bonchev–Trinajstić information content (AvgIpc) is 2.86. The van der Waals surface area contributed by atoms with Crippen molar-refractivity contribution in [1.82, 2.24) is 4.98 Å². The first-order valence-electron chi connectivity index (χ1n) is 11.1. The Morgan fingerprint density at radius 2 is 1.58 bits per heavy atom. The lowest BCUT2D eigenvalue weighted by atomic mass is 10.1. The van der Waals surface area contributed by atoms with Crippen LogP contribution < -0.4 is 15.5 Å². The summed E-state index contributed by atoms with van der Waals surface area (Å²) >= 11 is 0. The van der Waals surface area contributed by atoms with Crippen LogP contribution in [0.4, 0.5) is 21.9 Å². The summed E-state index contributed by atoms with van der Waals surface area (Å²) in [6, 6.07) is 25.6. The van der Waals surface area contributed by atoms with Crippen molar-refractivity contribution in [2.24, 2.45) is 0 Å². The monoisotopic (exact) mass is 438 g/mol. The first-order valence-corrected chi connectivity index (χ1v) is 11.1. The van der Waals surface area contributed by atoms with Crippen LogP contribution >= 0.6 is 0 Å². The Bertz CT molecular complexity index is 1270. The number of rotatable bonds is 4. The van der Waals surface area contributed by atoms with Gasteiger partial charge >= 0.3 is 6.03 Å². The largest absolute Gasteiger partial charge is 0.378 e. The number of nitrogens with zero attached hydrogens (tertiary/aromatic N) is 2. The van der Waals surface area contributed by atoms with Gasteiger partial charge < -0.3 is 20.3 Å². The number of fused-ring (bicyclic) bond motifs is 1. The van der Waals surface area contributed by atoms with E-state index in [9.17, 15) is 4.79 Å². The maximum Gasteiger partial charge on any atom is 0.323 e. The lowest BCUT2D eigenvalue weighted by Crippen LogP contribution is -2.36. The van der Waals surface area contributed by atoms with Gasteiger partial charge in [0.15, 0.2) is 0 Å². The molecule has 0 spiro atoms. The third kappa shape index (κ3) is 4.81. The zero-order valence-electron chi connectivity index (χ0n) is 18.5. The van der Waals surface area contributed by atoms with E-state index < -0.39 is 0 Å². The van der Waals surface area contributed by atoms with Crippen LogP contribution in [0.2, 0.25) is 0 Å². The topological polar surface area (TPSA) is 66.5 Å². The van der Waals surface area contributed by atoms with Crippen molar-refractivity contribution >= 4 is 34.0 Å². The summed E-state index contributed by atoms with van der Waals surface area (Å²) in [6.07, 6.45) is 0. The molecule has 0 radical (unpaired) electrons. The van der Waals surface area contributed by atoms with Crippen molar-refractivity contribution in [2.45, 2.75) is 6.92 Å². The number of amides is 2. The average molecular weight is 439 g/mol. The molecule has 0 saturated carbocycles. The van der Waals surface area contributed by atoms with Crippen molar-refractivity contribution in [3.63, 3.8) is 0 Å². The molecule has 1 aromatic heterocycles. The predicted octanol–water partition coefficient (Wildman–Crippen LogP) is 5.69. The Hall–Kier alpha value is -3.90. The number of carbonyl (C=O) groups excluding carboxylic acids is 1. The molecule has 4 aromatic rings. The van der Waals surface area contributed by atoms with Gasteiger partial charge in [0.05, 0.1) is 24.4 Å². The fourth-order valence-electron chi connectivity index (χ4n) is 4.04. The number of aromatic nitrogens is 1. The molecule has 1 fully saturated rings. The van der Waals surface area contributed by atoms with E-state index in [4.69, 9.17) is 9.72 Å². The first-order chi connectivity index (χ1) is 16.2. The van der Waals surface area contributed by atoms with Gasteiger partial charge in [0.1, 0.15) is 0 Å². The molecule has 2 amide bonds. The molecule has 1 aliphatic rings. The van der Waals surface area contributed by atoms with Crippen LogP contribution in [0.3, 0.4) is 0 Å². The summed E-state index contributed by atoms with van der Waals surface area (Å²) in [5.74, 6) is 0. The molecule has 1 saturated heterocycles. The number of hydrogen-bond acceptors (Lipinski definition) is 4. The molecule has 6 nitrogen and oxygen atoms in total. The van der Waals surface area contributed by atoms with E-state index in [0.29, 0.717) is 13.2 Å². The molecule has 6 heteroatoms. The van der Waals surface area contributed by atoms with Gasteiger partial charge in [-0.15, -0.1) is 0 Å². The van der Waals surface area contributed by atoms with E-state index in [1.165, 1.54) is 0 Å². The summed E-state index contributed by atoms with van der Waals surface area (Å²) < 4.78 is 5.57. The maximum atomic E-state index is 12.6. The highest BCUT2D eigenvalue weighted by Crippen LogP contribution is 2.33. The minimum atomic E-state index is -0.278. The molecule has 0 bridgehead atoms. The van der Waals surface area contributed by atoms with Crippen molar-refractivity contribution < 1.29 is 9.53 Å². The van der Waals surface area contributed by atoms with Gasteiger partial charge in [-0.25, -0.2) is 9.78 Å². The number of urea groups is 1. The number of hydrogen-bond donors (Lipinski definition) is 2. The number of nitrogens with one attached hydrogen (secondary N) is 2. The van der Waals surface area contributed by atoms with Crippen LogP contribution in [0.15, 0.2) is 78.9 Å². The Morgan fingerprint density at radius 3 is 2.33 bits per heavy atom. The summed E-state index contributed by atoms with van der Waals surface area (Å²) in [6.45, 7) is 5.04. The van der Waals surface area contributed by atoms with Crippen molar-refractivity contribution in [3.05, 3.63) is 84.4 Å². The minimum absolute atomic E-state index is 0.278. The minimum Gasteiger partial charge on any atom is -0.378 e. The standard InChI is InChI=1S/C27H26N4O2/c1-19-7-9-21(10-8-19)28-27(32)29-22-11-12-24-23(17-22)26(31-13-15-33-16-14-31)18-25(30-24)20-5-3-2-4-6-20/h2-12,17-18H,13-16H2,1H3,(H2,28,29,32). The lowest BCUT2D eigenvalue weighted by Gasteiger charge is -2.30. The Morgan fingerprint density at radius 1 is 0.879 bits per heavy atom. The molecular weight excluding hydrogens is 412 g/mol. The molecule has 33 heavy (non-hydrogen) atoms. The van der Waals surface area contributed by atoms with Crippen LogP contribution in [0.25, 0.3) is 22.2 Å². The first kappa shape index (κ1) is 21.0. The highest BCUT2D eigenvalue weighted by atomic mass is 16.5. The number of ether oxygens (including phenoxy) is 1. The Kier molecular flexibility index (Phi) is 5.91. The zero-order valence-corrected chi connectivity index (χ0v) is 18.5. The summed E-state index contributed by atoms with van der Waals surface area (Å²) in [7, 11) is 0. The van der Waals surface area contributed by atoms with Crippen LogP contribution in [0, 0.1) is 6.92 Å². The number of morpholine rings is 1. The maximum absolute atomic E-state index is 12.6. The van der Waals surface area contributed by atoms with Crippen LogP contribution in [-0.4, -0.2) is 37.3 Å². The highest BCUT2D eigenvalue weighted by Gasteiger charge is 2.17. The van der Waals surface area contributed by atoms with Gasteiger partial charge in [-0.2, -0.15) is 0 Å². The second-order valence-electron chi connectivity index (χ2n) is 8.17. The Balaban J connectivity index is 1.48. The van der Waals surface area contributed by atoms with E-state index >= 15 is 0 Å². The van der Waals surface area contributed by atoms with E-state index in [1.54, 1.807) is 0 Å². The Labute approximate surface area is 193 Å². The molecule has 5 rings (SSSR count). The predicted molar refractivity (Wildman–Crippen MR) is 134 cm³/mol. The molecule has 2 N–H and O–H groups in total. The third-order valence-electron chi connectivity index (χ3n) is 5.78. The lowest BCUT2D eigenvalue weighted by molar-refractivity contribution is 0.123. The smallest absolute Gasteiger partial charge is 0.323 e. The van der Waals surface area contributed by atoms with Gasteiger partial charge in [0, 0.05) is 41.1 Å². The van der Waals surface area contributed by atoms with Crippen LogP contribution in [0.1, 0.15) is 5.56 Å². The van der Waals surface area contributed by atoms with Crippen molar-refractivity contribution in [1.29, 1.82) is 0 Å². The second-order valence-corrected chi connectivity index (χ2v) is 8.17. The fourth-order valence-corrected chi connectivity index (χ4v) is 4.04. The third-order valence-corrected chi connectivity index (χ3v) is 5.78. The van der Waals surface area contributed by atoms with Crippen LogP contribution in [0.5, 0.6) is 0 Å². The number of anilines is 3. The SMILES string of the molecule is Cc1ccc(NC(=O)Nc2ccc3nc(-c4ccccc4)cc(N4CCOCC4)c3c2)cc1.